The topological polar surface area (TPSA) is 101 Å². The lowest BCUT2D eigenvalue weighted by Gasteiger charge is -2.08. The minimum Gasteiger partial charge on any atom is -0.497 e. The van der Waals surface area contributed by atoms with Crippen molar-refractivity contribution in [3.8, 4) is 5.75 Å². The third-order valence-corrected chi connectivity index (χ3v) is 4.08. The number of carbonyl (C=O) groups excluding carboxylic acids is 2. The molecule has 0 aliphatic heterocycles. The van der Waals surface area contributed by atoms with Gasteiger partial charge >= 0.3 is 5.97 Å². The summed E-state index contributed by atoms with van der Waals surface area (Å²) in [4.78, 5) is 27.0. The molecule has 3 N–H and O–H groups in total. The predicted molar refractivity (Wildman–Crippen MR) is 96.0 cm³/mol. The average Bonchev–Trinajstić information content (AvgIpc) is 2.92. The number of esters is 1. The number of aliphatic hydroxyl groups excluding tert-OH is 1. The van der Waals surface area contributed by atoms with E-state index >= 15 is 0 Å². The van der Waals surface area contributed by atoms with Crippen LogP contribution in [0.15, 0.2) is 24.3 Å². The normalized spacial score (nSPS) is 11.7. The first-order valence-electron chi connectivity index (χ1n) is 8.27. The van der Waals surface area contributed by atoms with Crippen LogP contribution in [0.3, 0.4) is 0 Å². The van der Waals surface area contributed by atoms with Crippen LogP contribution in [0.5, 0.6) is 5.75 Å². The van der Waals surface area contributed by atoms with Gasteiger partial charge in [-0.1, -0.05) is 12.1 Å². The number of hydrogen-bond donors (Lipinski definition) is 3. The van der Waals surface area contributed by atoms with Crippen molar-refractivity contribution in [3.05, 3.63) is 52.3 Å². The number of hydrogen-bond acceptors (Lipinski definition) is 5. The number of aromatic amines is 1. The van der Waals surface area contributed by atoms with Gasteiger partial charge in [0.15, 0.2) is 6.61 Å². The van der Waals surface area contributed by atoms with E-state index in [0.717, 1.165) is 5.56 Å². The van der Waals surface area contributed by atoms with Crippen LogP contribution in [0.25, 0.3) is 0 Å². The van der Waals surface area contributed by atoms with Gasteiger partial charge in [0.1, 0.15) is 11.4 Å². The molecule has 1 aromatic carbocycles. The molecular formula is C19H24N2O5. The van der Waals surface area contributed by atoms with Crippen molar-refractivity contribution >= 4 is 11.9 Å². The smallest absolute Gasteiger partial charge is 0.355 e. The standard InChI is InChI=1S/C19H24N2O5/c1-11-17(13(3)22)12(2)21-18(11)19(24)26-10-16(23)20-9-14-6-5-7-15(8-14)25-4/h5-8,13,21-22H,9-10H2,1-4H3,(H,20,23)/t13-/m1/s1. The second kappa shape index (κ2) is 8.53. The highest BCUT2D eigenvalue weighted by molar-refractivity contribution is 5.91. The maximum absolute atomic E-state index is 12.2. The second-order valence-corrected chi connectivity index (χ2v) is 6.04. The van der Waals surface area contributed by atoms with Gasteiger partial charge < -0.3 is 24.9 Å². The molecule has 26 heavy (non-hydrogen) atoms. The molecule has 0 bridgehead atoms. The van der Waals surface area contributed by atoms with Crippen molar-refractivity contribution in [2.75, 3.05) is 13.7 Å². The summed E-state index contributed by atoms with van der Waals surface area (Å²) in [5, 5.41) is 12.5. The number of benzene rings is 1. The molecule has 2 aromatic rings. The lowest BCUT2D eigenvalue weighted by Crippen LogP contribution is -2.28. The molecule has 0 unspecified atom stereocenters. The molecule has 0 aliphatic carbocycles. The van der Waals surface area contributed by atoms with E-state index in [9.17, 15) is 14.7 Å². The number of H-pyrrole nitrogens is 1. The van der Waals surface area contributed by atoms with Crippen LogP contribution in [0, 0.1) is 13.8 Å². The fourth-order valence-electron chi connectivity index (χ4n) is 2.83. The van der Waals surface area contributed by atoms with E-state index in [1.54, 1.807) is 27.9 Å². The summed E-state index contributed by atoms with van der Waals surface area (Å²) in [7, 11) is 1.57. The molecule has 1 heterocycles. The van der Waals surface area contributed by atoms with Crippen LogP contribution < -0.4 is 10.1 Å². The minimum absolute atomic E-state index is 0.249. The van der Waals surface area contributed by atoms with E-state index in [-0.39, 0.29) is 12.3 Å². The lowest BCUT2D eigenvalue weighted by atomic mass is 10.1. The van der Waals surface area contributed by atoms with Gasteiger partial charge in [-0.25, -0.2) is 4.79 Å². The molecule has 1 atom stereocenters. The van der Waals surface area contributed by atoms with Crippen LogP contribution in [0.1, 0.15) is 45.9 Å². The average molecular weight is 360 g/mol. The number of carbonyl (C=O) groups is 2. The molecule has 1 aromatic heterocycles. The fraction of sp³-hybridized carbons (Fsp3) is 0.368. The van der Waals surface area contributed by atoms with Crippen molar-refractivity contribution in [3.63, 3.8) is 0 Å². The SMILES string of the molecule is COc1cccc(CNC(=O)COC(=O)c2[nH]c(C)c([C@@H](C)O)c2C)c1. The Labute approximate surface area is 152 Å². The zero-order chi connectivity index (χ0) is 19.3. The Morgan fingerprint density at radius 1 is 1.31 bits per heavy atom. The van der Waals surface area contributed by atoms with Gasteiger partial charge in [-0.05, 0) is 44.0 Å². The van der Waals surface area contributed by atoms with Crippen molar-refractivity contribution < 1.29 is 24.2 Å². The number of nitrogens with one attached hydrogen (secondary N) is 2. The third-order valence-electron chi connectivity index (χ3n) is 4.08. The highest BCUT2D eigenvalue weighted by atomic mass is 16.5. The van der Waals surface area contributed by atoms with Crippen LogP contribution in [0.2, 0.25) is 0 Å². The number of methoxy groups -OCH3 is 1. The summed E-state index contributed by atoms with van der Waals surface area (Å²) < 4.78 is 10.2. The lowest BCUT2D eigenvalue weighted by molar-refractivity contribution is -0.124. The van der Waals surface area contributed by atoms with Gasteiger partial charge in [-0.2, -0.15) is 0 Å². The molecule has 0 saturated carbocycles. The van der Waals surface area contributed by atoms with Gasteiger partial charge in [-0.3, -0.25) is 4.79 Å². The van der Waals surface area contributed by atoms with Crippen molar-refractivity contribution in [1.29, 1.82) is 0 Å². The van der Waals surface area contributed by atoms with Crippen LogP contribution >= 0.6 is 0 Å². The van der Waals surface area contributed by atoms with Gasteiger partial charge in [0.05, 0.1) is 13.2 Å². The molecule has 140 valence electrons. The summed E-state index contributed by atoms with van der Waals surface area (Å²) in [6.07, 6.45) is -0.695. The molecule has 2 rings (SSSR count). The Bertz CT molecular complexity index is 795. The number of aliphatic hydroxyl groups is 1. The van der Waals surface area contributed by atoms with Gasteiger partial charge in [0.2, 0.25) is 0 Å². The van der Waals surface area contributed by atoms with Gasteiger partial charge in [-0.15, -0.1) is 0 Å². The van der Waals surface area contributed by atoms with Gasteiger partial charge in [0, 0.05) is 17.8 Å². The molecule has 7 heteroatoms. The largest absolute Gasteiger partial charge is 0.497 e. The summed E-state index contributed by atoms with van der Waals surface area (Å²) in [6, 6.07) is 7.32. The molecule has 1 amide bonds. The van der Waals surface area contributed by atoms with E-state index in [0.29, 0.717) is 29.1 Å². The Kier molecular flexibility index (Phi) is 6.41. The summed E-state index contributed by atoms with van der Waals surface area (Å²) in [5.41, 5.74) is 3.12. The predicted octanol–water partition coefficient (Wildman–Crippen LogP) is 2.17. The summed E-state index contributed by atoms with van der Waals surface area (Å²) in [5.74, 6) is -0.332. The van der Waals surface area contributed by atoms with Crippen LogP contribution in [-0.2, 0) is 16.1 Å². The fourth-order valence-corrected chi connectivity index (χ4v) is 2.83. The van der Waals surface area contributed by atoms with E-state index in [4.69, 9.17) is 9.47 Å². The second-order valence-electron chi connectivity index (χ2n) is 6.04. The summed E-state index contributed by atoms with van der Waals surface area (Å²) in [6.45, 7) is 5.05. The van der Waals surface area contributed by atoms with Gasteiger partial charge in [0.25, 0.3) is 5.91 Å². The molecule has 0 aliphatic rings. The maximum atomic E-state index is 12.2. The molecule has 0 fully saturated rings. The van der Waals surface area contributed by atoms with Crippen molar-refractivity contribution in [2.24, 2.45) is 0 Å². The molecular weight excluding hydrogens is 336 g/mol. The van der Waals surface area contributed by atoms with E-state index in [1.165, 1.54) is 0 Å². The summed E-state index contributed by atoms with van der Waals surface area (Å²) >= 11 is 0. The Morgan fingerprint density at radius 2 is 2.04 bits per heavy atom. The third kappa shape index (κ3) is 4.64. The van der Waals surface area contributed by atoms with E-state index in [1.807, 2.05) is 24.3 Å². The van der Waals surface area contributed by atoms with Crippen LogP contribution in [0.4, 0.5) is 0 Å². The molecule has 0 saturated heterocycles. The number of aromatic nitrogens is 1. The molecule has 0 radical (unpaired) electrons. The Hall–Kier alpha value is -2.80. The minimum atomic E-state index is -0.695. The highest BCUT2D eigenvalue weighted by Gasteiger charge is 2.21. The number of aryl methyl sites for hydroxylation is 1. The zero-order valence-electron chi connectivity index (χ0n) is 15.4. The molecule has 0 spiro atoms. The van der Waals surface area contributed by atoms with E-state index < -0.39 is 18.0 Å². The monoisotopic (exact) mass is 360 g/mol. The molecule has 7 nitrogen and oxygen atoms in total. The quantitative estimate of drug-likeness (QED) is 0.657. The maximum Gasteiger partial charge on any atom is 0.355 e. The number of amides is 1. The van der Waals surface area contributed by atoms with Crippen molar-refractivity contribution in [2.45, 2.75) is 33.4 Å². The van der Waals surface area contributed by atoms with Crippen LogP contribution in [-0.4, -0.2) is 35.7 Å². The first-order valence-corrected chi connectivity index (χ1v) is 8.27. The first kappa shape index (κ1) is 19.5. The van der Waals surface area contributed by atoms with Crippen molar-refractivity contribution in [1.82, 2.24) is 10.3 Å². The number of ether oxygens (including phenoxy) is 2. The Morgan fingerprint density at radius 3 is 2.65 bits per heavy atom. The number of rotatable bonds is 7. The van der Waals surface area contributed by atoms with E-state index in [2.05, 4.69) is 10.3 Å². The highest BCUT2D eigenvalue weighted by Crippen LogP contribution is 2.24. The Balaban J connectivity index is 1.89. The zero-order valence-corrected chi connectivity index (χ0v) is 15.4. The first-order chi connectivity index (χ1) is 12.3.